The van der Waals surface area contributed by atoms with Gasteiger partial charge in [-0.05, 0) is 0 Å². The van der Waals surface area contributed by atoms with Gasteiger partial charge in [-0.15, -0.1) is 0 Å². The molecule has 0 aliphatic rings. The van der Waals surface area contributed by atoms with E-state index in [9.17, 15) is 0 Å². The fourth-order valence-electron chi connectivity index (χ4n) is 0. The van der Waals surface area contributed by atoms with E-state index in [-0.39, 0.29) is 63.8 Å². The molecule has 0 spiro atoms. The minimum Gasteiger partial charge on any atom is -1.00 e. The minimum atomic E-state index is -1.42. The molecular weight excluding hydrogens is 135 g/mol. The van der Waals surface area contributed by atoms with Crippen molar-refractivity contribution in [1.82, 2.24) is 0 Å². The van der Waals surface area contributed by atoms with Crippen molar-refractivity contribution in [2.24, 2.45) is 0 Å². The normalized spacial score (nSPS) is 1.60. The van der Waals surface area contributed by atoms with Gasteiger partial charge in [0.25, 0.3) is 0 Å². The fraction of sp³-hybridized carbons (Fsp3) is 0. The van der Waals surface area contributed by atoms with Crippen LogP contribution in [0.2, 0.25) is 0 Å². The number of hydrogen-bond donors (Lipinski definition) is 0. The van der Waals surface area contributed by atoms with Crippen molar-refractivity contribution in [3.8, 4) is 0 Å². The average Bonchev–Trinajstić information content (AvgIpc) is 0.918. The maximum Gasteiger partial charge on any atom is 1.00 e. The van der Waals surface area contributed by atoms with Gasteiger partial charge < -0.3 is 12.4 Å². The Balaban J connectivity index is -0.0000000200. The van der Waals surface area contributed by atoms with E-state index >= 15 is 0 Å². The van der Waals surface area contributed by atoms with Crippen LogP contribution < -0.4 is 63.8 Å². The topological polar surface area (TPSA) is 34.1 Å². The van der Waals surface area contributed by atoms with Crippen molar-refractivity contribution in [3.63, 3.8) is 0 Å². The molecule has 2 nitrogen and oxygen atoms in total. The average molecular weight is 135 g/mol. The summed E-state index contributed by atoms with van der Waals surface area (Å²) in [6.07, 6.45) is 0. The van der Waals surface area contributed by atoms with Crippen LogP contribution in [0.5, 0.6) is 0 Å². The molecule has 0 radical (unpaired) electrons. The first kappa shape index (κ1) is 15.9. The molecule has 0 amide bonds. The smallest absolute Gasteiger partial charge is 1.00 e. The second kappa shape index (κ2) is 17.2. The van der Waals surface area contributed by atoms with E-state index in [0.717, 1.165) is 0 Å². The molecular formula is ClKO2Si. The zero-order valence-corrected chi connectivity index (χ0v) is 7.57. The summed E-state index contributed by atoms with van der Waals surface area (Å²) < 4.78 is 16.8. The van der Waals surface area contributed by atoms with Crippen molar-refractivity contribution >= 4 is 9.29 Å². The quantitative estimate of drug-likeness (QED) is 0.309. The zero-order chi connectivity index (χ0) is 2.71. The van der Waals surface area contributed by atoms with Gasteiger partial charge >= 0.3 is 60.7 Å². The van der Waals surface area contributed by atoms with Crippen molar-refractivity contribution in [2.45, 2.75) is 0 Å². The standard InChI is InChI=1S/ClH.K.O2Si/c;;1-3-2/h1H;;/q;+1;/p-1. The SMILES string of the molecule is O=[Si]=O.[Cl-].[K+]. The van der Waals surface area contributed by atoms with Crippen molar-refractivity contribution in [2.75, 3.05) is 0 Å². The van der Waals surface area contributed by atoms with E-state index in [1.807, 2.05) is 0 Å². The van der Waals surface area contributed by atoms with Crippen LogP contribution in [0.4, 0.5) is 0 Å². The summed E-state index contributed by atoms with van der Waals surface area (Å²) in [4.78, 5) is 0. The van der Waals surface area contributed by atoms with Gasteiger partial charge in [0.1, 0.15) is 0 Å². The van der Waals surface area contributed by atoms with E-state index in [1.54, 1.807) is 0 Å². The van der Waals surface area contributed by atoms with E-state index < -0.39 is 9.29 Å². The molecule has 0 saturated heterocycles. The molecule has 24 valence electrons. The Morgan fingerprint density at radius 1 is 1.20 bits per heavy atom. The van der Waals surface area contributed by atoms with E-state index in [0.29, 0.717) is 0 Å². The van der Waals surface area contributed by atoms with Crippen LogP contribution in [-0.2, 0) is 8.92 Å². The molecule has 5 heavy (non-hydrogen) atoms. The molecule has 0 aromatic heterocycles. The summed E-state index contributed by atoms with van der Waals surface area (Å²) in [7, 11) is -1.42. The number of halogens is 1. The zero-order valence-electron chi connectivity index (χ0n) is 2.69. The Bertz CT molecular complexity index is 30.6. The monoisotopic (exact) mass is 134 g/mol. The summed E-state index contributed by atoms with van der Waals surface area (Å²) in [5.41, 5.74) is 0. The Kier molecular flexibility index (Phi) is 54.5. The third-order valence-corrected chi connectivity index (χ3v) is 0. The van der Waals surface area contributed by atoms with Gasteiger partial charge in [-0.3, -0.25) is 8.92 Å². The van der Waals surface area contributed by atoms with E-state index in [4.69, 9.17) is 8.92 Å². The van der Waals surface area contributed by atoms with Crippen molar-refractivity contribution in [3.05, 3.63) is 0 Å². The van der Waals surface area contributed by atoms with Crippen LogP contribution in [0.1, 0.15) is 0 Å². The van der Waals surface area contributed by atoms with Gasteiger partial charge in [-0.1, -0.05) is 0 Å². The molecule has 0 atom stereocenters. The molecule has 0 aliphatic heterocycles. The fourth-order valence-corrected chi connectivity index (χ4v) is 0. The van der Waals surface area contributed by atoms with Gasteiger partial charge in [-0.25, -0.2) is 0 Å². The minimum absolute atomic E-state index is 0. The third-order valence-electron chi connectivity index (χ3n) is 0. The second-order valence-electron chi connectivity index (χ2n) is 0.0833. The first-order valence-electron chi connectivity index (χ1n) is 0.408. The van der Waals surface area contributed by atoms with Crippen molar-refractivity contribution in [1.29, 1.82) is 0 Å². The van der Waals surface area contributed by atoms with Gasteiger partial charge in [0.2, 0.25) is 0 Å². The summed E-state index contributed by atoms with van der Waals surface area (Å²) in [5, 5.41) is 0. The first-order valence-corrected chi connectivity index (χ1v) is 1.22. The Morgan fingerprint density at radius 2 is 1.20 bits per heavy atom. The van der Waals surface area contributed by atoms with Gasteiger partial charge in [0.15, 0.2) is 0 Å². The largest absolute Gasteiger partial charge is 1.00 e. The molecule has 0 rings (SSSR count). The van der Waals surface area contributed by atoms with E-state index in [1.165, 1.54) is 0 Å². The molecule has 0 aromatic carbocycles. The van der Waals surface area contributed by atoms with Crippen LogP contribution in [-0.4, -0.2) is 9.29 Å². The maximum atomic E-state index is 8.40. The predicted octanol–water partition coefficient (Wildman–Crippen LogP) is -6.61. The molecule has 0 saturated carbocycles. The molecule has 0 aliphatic carbocycles. The molecule has 0 fully saturated rings. The number of hydrogen-bond acceptors (Lipinski definition) is 2. The number of rotatable bonds is 0. The van der Waals surface area contributed by atoms with Crippen LogP contribution in [0.15, 0.2) is 0 Å². The first-order chi connectivity index (χ1) is 1.41. The summed E-state index contributed by atoms with van der Waals surface area (Å²) in [6, 6.07) is 0. The van der Waals surface area contributed by atoms with Crippen LogP contribution >= 0.6 is 0 Å². The van der Waals surface area contributed by atoms with Gasteiger partial charge in [0, 0.05) is 0 Å². The molecule has 0 bridgehead atoms. The van der Waals surface area contributed by atoms with Crippen LogP contribution in [0, 0.1) is 0 Å². The third kappa shape index (κ3) is 26.5. The Hall–Kier alpha value is 1.74. The van der Waals surface area contributed by atoms with Crippen molar-refractivity contribution < 1.29 is 72.7 Å². The Morgan fingerprint density at radius 3 is 1.20 bits per heavy atom. The predicted molar refractivity (Wildman–Crippen MR) is 7.13 cm³/mol. The van der Waals surface area contributed by atoms with Crippen LogP contribution in [0.25, 0.3) is 0 Å². The van der Waals surface area contributed by atoms with Crippen LogP contribution in [0.3, 0.4) is 0 Å². The Labute approximate surface area is 80.5 Å². The summed E-state index contributed by atoms with van der Waals surface area (Å²) in [6.45, 7) is 0. The molecule has 0 unspecified atom stereocenters. The maximum absolute atomic E-state index is 8.40. The summed E-state index contributed by atoms with van der Waals surface area (Å²) >= 11 is 0. The van der Waals surface area contributed by atoms with Gasteiger partial charge in [-0.2, -0.15) is 0 Å². The van der Waals surface area contributed by atoms with E-state index in [2.05, 4.69) is 0 Å². The van der Waals surface area contributed by atoms with Gasteiger partial charge in [0.05, 0.1) is 0 Å². The molecule has 0 N–H and O–H groups in total. The molecule has 5 heteroatoms. The molecule has 0 heterocycles. The second-order valence-corrected chi connectivity index (χ2v) is 0.250. The molecule has 0 aromatic rings. The summed E-state index contributed by atoms with van der Waals surface area (Å²) in [5.74, 6) is 0.